The number of aromatic amines is 1. The molecule has 0 aliphatic carbocycles. The topological polar surface area (TPSA) is 113 Å². The van der Waals surface area contributed by atoms with E-state index in [1.54, 1.807) is 33.9 Å². The second-order valence-corrected chi connectivity index (χ2v) is 12.2. The molecule has 0 radical (unpaired) electrons. The Hall–Kier alpha value is -2.76. The van der Waals surface area contributed by atoms with Crippen molar-refractivity contribution >= 4 is 15.5 Å². The van der Waals surface area contributed by atoms with Crippen LogP contribution in [0.15, 0.2) is 27.9 Å². The average molecular weight is 543 g/mol. The summed E-state index contributed by atoms with van der Waals surface area (Å²) in [6, 6.07) is 5.52. The quantitative estimate of drug-likeness (QED) is 0.464. The summed E-state index contributed by atoms with van der Waals surface area (Å²) < 4.78 is 37.0. The summed E-state index contributed by atoms with van der Waals surface area (Å²) >= 11 is 0. The molecule has 1 aromatic carbocycles. The minimum Gasteiger partial charge on any atom is -0.493 e. The van der Waals surface area contributed by atoms with Crippen molar-refractivity contribution in [2.75, 3.05) is 26.2 Å². The first kappa shape index (κ1) is 26.8. The Morgan fingerprint density at radius 3 is 2.66 bits per heavy atom. The highest BCUT2D eigenvalue weighted by atomic mass is 32.2. The van der Waals surface area contributed by atoms with Crippen LogP contribution in [0, 0.1) is 6.92 Å². The maximum Gasteiger partial charge on any atom is 0.277 e. The standard InChI is InChI=1S/C27H38N6O4S/c1-5-9-24-28-18(4)25-27(34)29-26(30-33(24)25)22-16-21(12-13-23(22)37-7-3)38(35,36)31-15-14-19-10-8-11-20(17-31)32(19)6-2/h12-13,16,19-20H,5-11,14-15,17H2,1-4H3,(H,29,30,34). The number of nitrogens with zero attached hydrogens (tertiary/aromatic N) is 5. The van der Waals surface area contributed by atoms with E-state index in [0.717, 1.165) is 38.6 Å². The molecule has 2 aromatic heterocycles. The molecule has 11 heteroatoms. The highest BCUT2D eigenvalue weighted by molar-refractivity contribution is 7.89. The van der Waals surface area contributed by atoms with Gasteiger partial charge in [0.15, 0.2) is 11.3 Å². The zero-order valence-corrected chi connectivity index (χ0v) is 23.6. The third-order valence-electron chi connectivity index (χ3n) is 7.86. The molecule has 0 amide bonds. The molecule has 2 aliphatic rings. The van der Waals surface area contributed by atoms with E-state index in [1.807, 2.05) is 13.8 Å². The fraction of sp³-hybridized carbons (Fsp3) is 0.593. The SMILES string of the molecule is CCCc1nc(C)c2c(=O)[nH]c(-c3cc(S(=O)(=O)N4CCC5CCCC(C4)N5CC)ccc3OCC)nn12. The molecule has 0 spiro atoms. The van der Waals surface area contributed by atoms with Gasteiger partial charge in [-0.3, -0.25) is 9.69 Å². The highest BCUT2D eigenvalue weighted by Gasteiger charge is 2.38. The summed E-state index contributed by atoms with van der Waals surface area (Å²) in [5, 5.41) is 4.71. The molecule has 2 atom stereocenters. The zero-order chi connectivity index (χ0) is 27.0. The Morgan fingerprint density at radius 1 is 1.13 bits per heavy atom. The normalized spacial score (nSPS) is 21.1. The van der Waals surface area contributed by atoms with E-state index in [9.17, 15) is 13.2 Å². The van der Waals surface area contributed by atoms with Crippen LogP contribution in [-0.4, -0.2) is 75.5 Å². The number of H-pyrrole nitrogens is 1. The molecule has 2 bridgehead atoms. The Bertz CT molecular complexity index is 1480. The van der Waals surface area contributed by atoms with Crippen molar-refractivity contribution in [3.63, 3.8) is 0 Å². The summed E-state index contributed by atoms with van der Waals surface area (Å²) in [5.74, 6) is 1.42. The first-order valence-corrected chi connectivity index (χ1v) is 15.2. The highest BCUT2D eigenvalue weighted by Crippen LogP contribution is 2.34. The van der Waals surface area contributed by atoms with Gasteiger partial charge in [0.1, 0.15) is 11.6 Å². The van der Waals surface area contributed by atoms with Crippen LogP contribution in [0.4, 0.5) is 0 Å². The second kappa shape index (κ2) is 10.8. The molecule has 5 rings (SSSR count). The van der Waals surface area contributed by atoms with E-state index in [1.165, 1.54) is 0 Å². The van der Waals surface area contributed by atoms with Crippen LogP contribution in [-0.2, 0) is 16.4 Å². The number of ether oxygens (including phenoxy) is 1. The number of imidazole rings is 1. The van der Waals surface area contributed by atoms with Gasteiger partial charge in [0.05, 0.1) is 22.8 Å². The second-order valence-electron chi connectivity index (χ2n) is 10.2. The lowest BCUT2D eigenvalue weighted by Crippen LogP contribution is -2.48. The molecule has 4 heterocycles. The van der Waals surface area contributed by atoms with Gasteiger partial charge in [-0.15, -0.1) is 5.10 Å². The van der Waals surface area contributed by atoms with E-state index in [-0.39, 0.29) is 22.3 Å². The number of hydrogen-bond acceptors (Lipinski definition) is 7. The summed E-state index contributed by atoms with van der Waals surface area (Å²) in [4.78, 5) is 23.1. The van der Waals surface area contributed by atoms with Gasteiger partial charge >= 0.3 is 0 Å². The molecular formula is C27H38N6O4S. The lowest BCUT2D eigenvalue weighted by atomic mass is 9.95. The van der Waals surface area contributed by atoms with Gasteiger partial charge in [0, 0.05) is 31.6 Å². The number of aryl methyl sites for hydroxylation is 2. The van der Waals surface area contributed by atoms with Crippen LogP contribution in [0.25, 0.3) is 16.9 Å². The van der Waals surface area contributed by atoms with E-state index >= 15 is 0 Å². The van der Waals surface area contributed by atoms with Crippen molar-refractivity contribution < 1.29 is 13.2 Å². The number of piperidine rings is 1. The summed E-state index contributed by atoms with van der Waals surface area (Å²) in [5.41, 5.74) is 1.12. The Labute approximate surface area is 224 Å². The predicted molar refractivity (Wildman–Crippen MR) is 146 cm³/mol. The predicted octanol–water partition coefficient (Wildman–Crippen LogP) is 3.38. The van der Waals surface area contributed by atoms with Crippen molar-refractivity contribution in [1.29, 1.82) is 0 Å². The Balaban J connectivity index is 1.58. The monoisotopic (exact) mass is 542 g/mol. The Morgan fingerprint density at radius 2 is 1.92 bits per heavy atom. The fourth-order valence-electron chi connectivity index (χ4n) is 6.11. The molecule has 3 aromatic rings. The number of aromatic nitrogens is 4. The lowest BCUT2D eigenvalue weighted by molar-refractivity contribution is 0.0969. The first-order valence-electron chi connectivity index (χ1n) is 13.8. The van der Waals surface area contributed by atoms with Crippen LogP contribution in [0.2, 0.25) is 0 Å². The number of nitrogens with one attached hydrogen (secondary N) is 1. The van der Waals surface area contributed by atoms with Crippen LogP contribution in [0.5, 0.6) is 5.75 Å². The lowest BCUT2D eigenvalue weighted by Gasteiger charge is -2.39. The summed E-state index contributed by atoms with van der Waals surface area (Å²) in [6.07, 6.45) is 5.64. The molecule has 2 saturated heterocycles. The number of hydrogen-bond donors (Lipinski definition) is 1. The molecule has 206 valence electrons. The van der Waals surface area contributed by atoms with Crippen LogP contribution < -0.4 is 10.3 Å². The van der Waals surface area contributed by atoms with Crippen molar-refractivity contribution in [1.82, 2.24) is 28.8 Å². The van der Waals surface area contributed by atoms with Gasteiger partial charge < -0.3 is 9.72 Å². The number of rotatable bonds is 8. The Kier molecular flexibility index (Phi) is 7.61. The number of sulfonamides is 1. The molecule has 2 aliphatic heterocycles. The van der Waals surface area contributed by atoms with Crippen LogP contribution in [0.3, 0.4) is 0 Å². The minimum absolute atomic E-state index is 0.175. The molecule has 38 heavy (non-hydrogen) atoms. The van der Waals surface area contributed by atoms with Crippen molar-refractivity contribution in [2.24, 2.45) is 0 Å². The minimum atomic E-state index is -3.77. The van der Waals surface area contributed by atoms with Crippen molar-refractivity contribution in [2.45, 2.75) is 83.2 Å². The van der Waals surface area contributed by atoms with Gasteiger partial charge in [-0.2, -0.15) is 4.31 Å². The molecule has 2 unspecified atom stereocenters. The molecule has 0 saturated carbocycles. The third-order valence-corrected chi connectivity index (χ3v) is 9.73. The maximum atomic E-state index is 14.0. The number of benzene rings is 1. The fourth-order valence-corrected chi connectivity index (χ4v) is 7.63. The maximum absolute atomic E-state index is 14.0. The average Bonchev–Trinajstić information content (AvgIpc) is 3.16. The van der Waals surface area contributed by atoms with Crippen LogP contribution >= 0.6 is 0 Å². The number of likely N-dealkylation sites (N-methyl/N-ethyl adjacent to an activating group) is 1. The molecule has 1 N–H and O–H groups in total. The van der Waals surface area contributed by atoms with Crippen LogP contribution in [0.1, 0.15) is 64.4 Å². The van der Waals surface area contributed by atoms with Crippen molar-refractivity contribution in [3.05, 3.63) is 40.1 Å². The first-order chi connectivity index (χ1) is 18.3. The number of fused-ring (bicyclic) bond motifs is 3. The summed E-state index contributed by atoms with van der Waals surface area (Å²) in [6.45, 7) is 10.2. The smallest absolute Gasteiger partial charge is 0.277 e. The largest absolute Gasteiger partial charge is 0.493 e. The zero-order valence-electron chi connectivity index (χ0n) is 22.7. The van der Waals surface area contributed by atoms with E-state index < -0.39 is 10.0 Å². The molecule has 2 fully saturated rings. The third kappa shape index (κ3) is 4.76. The van der Waals surface area contributed by atoms with Gasteiger partial charge in [0.25, 0.3) is 5.56 Å². The van der Waals surface area contributed by atoms with Gasteiger partial charge in [-0.1, -0.05) is 20.3 Å². The van der Waals surface area contributed by atoms with Crippen molar-refractivity contribution in [3.8, 4) is 17.1 Å². The summed E-state index contributed by atoms with van der Waals surface area (Å²) in [7, 11) is -3.77. The molecule has 10 nitrogen and oxygen atoms in total. The van der Waals surface area contributed by atoms with Gasteiger partial charge in [-0.05, 0) is 64.3 Å². The van der Waals surface area contributed by atoms with E-state index in [4.69, 9.17) is 9.84 Å². The van der Waals surface area contributed by atoms with Gasteiger partial charge in [-0.25, -0.2) is 17.9 Å². The molecular weight excluding hydrogens is 504 g/mol. The van der Waals surface area contributed by atoms with Gasteiger partial charge in [0.2, 0.25) is 10.0 Å². The van der Waals surface area contributed by atoms with E-state index in [2.05, 4.69) is 21.8 Å². The van der Waals surface area contributed by atoms with E-state index in [0.29, 0.717) is 60.5 Å².